The third-order valence-electron chi connectivity index (χ3n) is 15.1. The molecule has 6 heteroatoms. The van der Waals surface area contributed by atoms with Crippen LogP contribution in [0.4, 0.5) is 0 Å². The van der Waals surface area contributed by atoms with Gasteiger partial charge in [0, 0.05) is 19.3 Å². The number of esters is 3. The fraction of sp³-hybridized carbons (Fsp3) is 0.843. The SMILES string of the molecule is CC/C=C\C/C=C\C/C=C\C/C=C\CCCCCCCCCCCCC(=O)OC(COC(=O)CCCCCCCC)COC(=O)CCCCCCCCCCCCCCCCCCCCCCCCCCCCCCC. The summed E-state index contributed by atoms with van der Waals surface area (Å²) in [6.07, 6.45) is 81.8. The predicted molar refractivity (Wildman–Crippen MR) is 330 cm³/mol. The number of allylic oxidation sites excluding steroid dienone is 8. The number of unbranched alkanes of at least 4 members (excludes halogenated alkanes) is 43. The molecule has 0 aliphatic rings. The minimum Gasteiger partial charge on any atom is -0.462 e. The number of hydrogen-bond donors (Lipinski definition) is 0. The van der Waals surface area contributed by atoms with Gasteiger partial charge in [0.15, 0.2) is 6.10 Å². The second-order valence-corrected chi connectivity index (χ2v) is 22.7. The van der Waals surface area contributed by atoms with E-state index >= 15 is 0 Å². The molecular formula is C70H128O6. The summed E-state index contributed by atoms with van der Waals surface area (Å²) in [5, 5.41) is 0. The number of rotatable bonds is 62. The molecule has 0 aliphatic carbocycles. The molecule has 0 saturated carbocycles. The van der Waals surface area contributed by atoms with Crippen molar-refractivity contribution in [3.8, 4) is 0 Å². The zero-order chi connectivity index (χ0) is 55.0. The van der Waals surface area contributed by atoms with Gasteiger partial charge in [0.05, 0.1) is 0 Å². The Morgan fingerprint density at radius 1 is 0.276 bits per heavy atom. The first-order valence-corrected chi connectivity index (χ1v) is 33.6. The van der Waals surface area contributed by atoms with Crippen LogP contribution in [-0.2, 0) is 28.6 Å². The average Bonchev–Trinajstić information content (AvgIpc) is 3.42. The summed E-state index contributed by atoms with van der Waals surface area (Å²) in [7, 11) is 0. The number of ether oxygens (including phenoxy) is 3. The molecule has 0 amide bonds. The molecule has 0 N–H and O–H groups in total. The van der Waals surface area contributed by atoms with Gasteiger partial charge in [-0.3, -0.25) is 14.4 Å². The van der Waals surface area contributed by atoms with Crippen LogP contribution in [0.3, 0.4) is 0 Å². The van der Waals surface area contributed by atoms with Crippen molar-refractivity contribution >= 4 is 17.9 Å². The van der Waals surface area contributed by atoms with E-state index in [2.05, 4.69) is 69.4 Å². The van der Waals surface area contributed by atoms with Crippen molar-refractivity contribution in [3.63, 3.8) is 0 Å². The van der Waals surface area contributed by atoms with Crippen molar-refractivity contribution in [3.05, 3.63) is 48.6 Å². The van der Waals surface area contributed by atoms with Crippen molar-refractivity contribution in [1.82, 2.24) is 0 Å². The highest BCUT2D eigenvalue weighted by Crippen LogP contribution is 2.18. The zero-order valence-corrected chi connectivity index (χ0v) is 51.0. The Morgan fingerprint density at radius 3 is 0.803 bits per heavy atom. The van der Waals surface area contributed by atoms with Gasteiger partial charge < -0.3 is 14.2 Å². The predicted octanol–water partition coefficient (Wildman–Crippen LogP) is 22.9. The van der Waals surface area contributed by atoms with E-state index in [0.29, 0.717) is 19.3 Å². The number of carbonyl (C=O) groups excluding carboxylic acids is 3. The molecule has 1 unspecified atom stereocenters. The number of hydrogen-bond acceptors (Lipinski definition) is 6. The zero-order valence-electron chi connectivity index (χ0n) is 51.0. The van der Waals surface area contributed by atoms with Crippen LogP contribution < -0.4 is 0 Å². The Kier molecular flexibility index (Phi) is 62.6. The highest BCUT2D eigenvalue weighted by Gasteiger charge is 2.19. The molecule has 76 heavy (non-hydrogen) atoms. The van der Waals surface area contributed by atoms with Gasteiger partial charge in [-0.1, -0.05) is 333 Å². The Bertz CT molecular complexity index is 1310. The standard InChI is InChI=1S/C70H128O6/c1-4-7-10-13-16-18-20-22-24-26-28-30-32-33-34-35-36-37-39-40-42-44-46-48-50-52-54-57-60-63-69(72)75-66-67(65-74-68(71)62-59-56-15-12-9-6-3)76-70(73)64-61-58-55-53-51-49-47-45-43-41-38-31-29-27-25-23-21-19-17-14-11-8-5-2/h8,11,17,19,23,25,29,31,67H,4-7,9-10,12-16,18,20-22,24,26-28,30,32-66H2,1-3H3/b11-8-,19-17-,25-23-,31-29-. The van der Waals surface area contributed by atoms with Crippen LogP contribution in [0.5, 0.6) is 0 Å². The van der Waals surface area contributed by atoms with Gasteiger partial charge in [-0.25, -0.2) is 0 Å². The minimum absolute atomic E-state index is 0.0706. The maximum absolute atomic E-state index is 12.9. The highest BCUT2D eigenvalue weighted by molar-refractivity contribution is 5.71. The number of carbonyl (C=O) groups is 3. The van der Waals surface area contributed by atoms with Crippen LogP contribution >= 0.6 is 0 Å². The molecule has 0 aromatic rings. The Morgan fingerprint density at radius 2 is 0.513 bits per heavy atom. The van der Waals surface area contributed by atoms with E-state index in [1.807, 2.05) is 0 Å². The minimum atomic E-state index is -0.771. The summed E-state index contributed by atoms with van der Waals surface area (Å²) >= 11 is 0. The fourth-order valence-electron chi connectivity index (χ4n) is 10.1. The van der Waals surface area contributed by atoms with Crippen molar-refractivity contribution in [2.45, 2.75) is 367 Å². The highest BCUT2D eigenvalue weighted by atomic mass is 16.6. The lowest BCUT2D eigenvalue weighted by Crippen LogP contribution is -2.30. The van der Waals surface area contributed by atoms with Gasteiger partial charge >= 0.3 is 17.9 Å². The summed E-state index contributed by atoms with van der Waals surface area (Å²) < 4.78 is 16.8. The molecule has 1 atom stereocenters. The van der Waals surface area contributed by atoms with Crippen molar-refractivity contribution in [2.24, 2.45) is 0 Å². The Hall–Kier alpha value is -2.63. The van der Waals surface area contributed by atoms with Gasteiger partial charge in [0.2, 0.25) is 0 Å². The molecule has 444 valence electrons. The van der Waals surface area contributed by atoms with Crippen LogP contribution in [0.2, 0.25) is 0 Å². The summed E-state index contributed by atoms with van der Waals surface area (Å²) in [5.41, 5.74) is 0. The van der Waals surface area contributed by atoms with Gasteiger partial charge in [-0.15, -0.1) is 0 Å². The van der Waals surface area contributed by atoms with Crippen LogP contribution in [0, 0.1) is 0 Å². The van der Waals surface area contributed by atoms with E-state index in [0.717, 1.165) is 83.5 Å². The van der Waals surface area contributed by atoms with E-state index in [1.54, 1.807) is 0 Å². The fourth-order valence-corrected chi connectivity index (χ4v) is 10.1. The monoisotopic (exact) mass is 1060 g/mol. The van der Waals surface area contributed by atoms with E-state index in [4.69, 9.17) is 14.2 Å². The molecule has 0 aliphatic heterocycles. The Balaban J connectivity index is 4.00. The topological polar surface area (TPSA) is 78.9 Å². The Labute approximate surface area is 473 Å². The van der Waals surface area contributed by atoms with E-state index in [1.165, 1.54) is 238 Å². The molecule has 0 radical (unpaired) electrons. The van der Waals surface area contributed by atoms with Crippen molar-refractivity contribution < 1.29 is 28.6 Å². The van der Waals surface area contributed by atoms with Crippen LogP contribution in [-0.4, -0.2) is 37.2 Å². The molecule has 0 bridgehead atoms. The summed E-state index contributed by atoms with van der Waals surface area (Å²) in [6.45, 7) is 6.52. The molecule has 6 nitrogen and oxygen atoms in total. The van der Waals surface area contributed by atoms with Crippen LogP contribution in [0.1, 0.15) is 361 Å². The molecule has 0 saturated heterocycles. The second-order valence-electron chi connectivity index (χ2n) is 22.7. The first-order valence-electron chi connectivity index (χ1n) is 33.6. The third-order valence-corrected chi connectivity index (χ3v) is 15.1. The van der Waals surface area contributed by atoms with Gasteiger partial charge in [0.25, 0.3) is 0 Å². The van der Waals surface area contributed by atoms with Crippen molar-refractivity contribution in [1.29, 1.82) is 0 Å². The smallest absolute Gasteiger partial charge is 0.306 e. The lowest BCUT2D eigenvalue weighted by Gasteiger charge is -2.18. The van der Waals surface area contributed by atoms with Crippen LogP contribution in [0.25, 0.3) is 0 Å². The van der Waals surface area contributed by atoms with E-state index in [9.17, 15) is 14.4 Å². The lowest BCUT2D eigenvalue weighted by atomic mass is 10.0. The largest absolute Gasteiger partial charge is 0.462 e. The van der Waals surface area contributed by atoms with Gasteiger partial charge in [0.1, 0.15) is 13.2 Å². The summed E-state index contributed by atoms with van der Waals surface area (Å²) in [4.78, 5) is 38.0. The lowest BCUT2D eigenvalue weighted by molar-refractivity contribution is -0.167. The third kappa shape index (κ3) is 62.2. The first kappa shape index (κ1) is 73.4. The first-order chi connectivity index (χ1) is 37.5. The van der Waals surface area contributed by atoms with Gasteiger partial charge in [-0.2, -0.15) is 0 Å². The summed E-state index contributed by atoms with van der Waals surface area (Å²) in [5.74, 6) is -0.865. The maximum Gasteiger partial charge on any atom is 0.306 e. The van der Waals surface area contributed by atoms with Crippen LogP contribution in [0.15, 0.2) is 48.6 Å². The average molecular weight is 1070 g/mol. The quantitative estimate of drug-likeness (QED) is 0.0261. The second kappa shape index (κ2) is 64.9. The summed E-state index contributed by atoms with van der Waals surface area (Å²) in [6, 6.07) is 0. The molecule has 0 spiro atoms. The molecular weight excluding hydrogens is 937 g/mol. The molecule has 0 fully saturated rings. The van der Waals surface area contributed by atoms with E-state index < -0.39 is 6.10 Å². The van der Waals surface area contributed by atoms with Gasteiger partial charge in [-0.05, 0) is 57.8 Å². The molecule has 0 aromatic carbocycles. The normalized spacial score (nSPS) is 12.3. The van der Waals surface area contributed by atoms with Crippen molar-refractivity contribution in [2.75, 3.05) is 13.2 Å². The molecule has 0 aromatic heterocycles. The van der Waals surface area contributed by atoms with E-state index in [-0.39, 0.29) is 31.1 Å². The molecule has 0 rings (SSSR count). The molecule has 0 heterocycles. The maximum atomic E-state index is 12.9.